The Morgan fingerprint density at radius 1 is 1.42 bits per heavy atom. The van der Waals surface area contributed by atoms with Crippen LogP contribution < -0.4 is 10.9 Å². The molecule has 0 aliphatic rings. The molecule has 0 saturated heterocycles. The van der Waals surface area contributed by atoms with E-state index in [0.29, 0.717) is 28.2 Å². The van der Waals surface area contributed by atoms with Crippen LogP contribution in [0.15, 0.2) is 35.3 Å². The van der Waals surface area contributed by atoms with Gasteiger partial charge in [-0.05, 0) is 19.1 Å². The molecule has 0 fully saturated rings. The van der Waals surface area contributed by atoms with Crippen LogP contribution in [0.2, 0.25) is 5.02 Å². The fraction of sp³-hybridized carbons (Fsp3) is 0.200. The van der Waals surface area contributed by atoms with E-state index in [9.17, 15) is 9.59 Å². The maximum atomic E-state index is 12.4. The molecule has 0 aliphatic carbocycles. The van der Waals surface area contributed by atoms with Gasteiger partial charge in [-0.1, -0.05) is 35.1 Å². The van der Waals surface area contributed by atoms with E-state index in [0.717, 1.165) is 4.52 Å². The molecule has 1 aromatic carbocycles. The van der Waals surface area contributed by atoms with Gasteiger partial charge in [0, 0.05) is 6.61 Å². The summed E-state index contributed by atoms with van der Waals surface area (Å²) < 4.78 is 6.43. The number of fused-ring (bicyclic) bond motifs is 1. The summed E-state index contributed by atoms with van der Waals surface area (Å²) in [5.74, 6) is -0.482. The first kappa shape index (κ1) is 16.6. The number of carbonyl (C=O) groups excluding carboxylic acids is 1. The van der Waals surface area contributed by atoms with E-state index in [1.54, 1.807) is 24.3 Å². The standard InChI is InChI=1S/C15H13ClN4O3S/c1-2-23-8-12-19-20-14(22)11(7-17-15(20)24-12)18-13(21)9-5-3-4-6-10(9)16/h3-7H,2,8H2,1H3,(H,18,21). The van der Waals surface area contributed by atoms with Crippen molar-refractivity contribution in [2.24, 2.45) is 0 Å². The quantitative estimate of drug-likeness (QED) is 0.752. The molecule has 1 N–H and O–H groups in total. The fourth-order valence-corrected chi connectivity index (χ4v) is 3.01. The second-order valence-corrected chi connectivity index (χ2v) is 6.19. The number of hydrogen-bond acceptors (Lipinski definition) is 6. The van der Waals surface area contributed by atoms with Crippen LogP contribution in [0.1, 0.15) is 22.3 Å². The van der Waals surface area contributed by atoms with Gasteiger partial charge in [0.05, 0.1) is 16.8 Å². The maximum absolute atomic E-state index is 12.4. The van der Waals surface area contributed by atoms with Gasteiger partial charge >= 0.3 is 0 Å². The predicted octanol–water partition coefficient (Wildman–Crippen LogP) is 2.59. The maximum Gasteiger partial charge on any atom is 0.298 e. The van der Waals surface area contributed by atoms with Gasteiger partial charge in [0.1, 0.15) is 17.3 Å². The minimum Gasteiger partial charge on any atom is -0.374 e. The third kappa shape index (κ3) is 3.30. The Bertz CT molecular complexity index is 953. The molecule has 9 heteroatoms. The monoisotopic (exact) mass is 364 g/mol. The number of hydrogen-bond donors (Lipinski definition) is 1. The number of amides is 1. The topological polar surface area (TPSA) is 85.6 Å². The molecule has 1 amide bonds. The van der Waals surface area contributed by atoms with Crippen molar-refractivity contribution < 1.29 is 9.53 Å². The molecule has 0 bridgehead atoms. The number of anilines is 1. The van der Waals surface area contributed by atoms with Gasteiger partial charge < -0.3 is 10.1 Å². The van der Waals surface area contributed by atoms with Crippen LogP contribution >= 0.6 is 22.9 Å². The van der Waals surface area contributed by atoms with E-state index >= 15 is 0 Å². The van der Waals surface area contributed by atoms with Gasteiger partial charge in [-0.3, -0.25) is 9.59 Å². The van der Waals surface area contributed by atoms with Gasteiger partial charge in [-0.15, -0.1) is 0 Å². The summed E-state index contributed by atoms with van der Waals surface area (Å²) in [6, 6.07) is 6.59. The fourth-order valence-electron chi connectivity index (χ4n) is 1.99. The van der Waals surface area contributed by atoms with Crippen molar-refractivity contribution >= 4 is 39.5 Å². The van der Waals surface area contributed by atoms with Crippen LogP contribution in [0.25, 0.3) is 4.96 Å². The predicted molar refractivity (Wildman–Crippen MR) is 91.9 cm³/mol. The van der Waals surface area contributed by atoms with Gasteiger partial charge in [0.15, 0.2) is 0 Å². The Balaban J connectivity index is 1.90. The van der Waals surface area contributed by atoms with E-state index in [4.69, 9.17) is 16.3 Å². The highest BCUT2D eigenvalue weighted by atomic mass is 35.5. The van der Waals surface area contributed by atoms with E-state index in [1.165, 1.54) is 17.5 Å². The smallest absolute Gasteiger partial charge is 0.298 e. The lowest BCUT2D eigenvalue weighted by Gasteiger charge is -2.05. The molecular weight excluding hydrogens is 352 g/mol. The summed E-state index contributed by atoms with van der Waals surface area (Å²) in [5, 5.41) is 7.63. The van der Waals surface area contributed by atoms with E-state index in [2.05, 4.69) is 15.4 Å². The third-order valence-corrected chi connectivity index (χ3v) is 4.35. The van der Waals surface area contributed by atoms with E-state index in [-0.39, 0.29) is 11.3 Å². The normalized spacial score (nSPS) is 10.9. The molecule has 0 radical (unpaired) electrons. The summed E-state index contributed by atoms with van der Waals surface area (Å²) in [5.41, 5.74) is -0.149. The summed E-state index contributed by atoms with van der Waals surface area (Å²) in [6.45, 7) is 2.74. The molecule has 7 nitrogen and oxygen atoms in total. The highest BCUT2D eigenvalue weighted by Gasteiger charge is 2.15. The summed E-state index contributed by atoms with van der Waals surface area (Å²) in [4.78, 5) is 29.3. The Hall–Kier alpha value is -2.29. The molecule has 24 heavy (non-hydrogen) atoms. The van der Waals surface area contributed by atoms with Crippen molar-refractivity contribution in [3.8, 4) is 0 Å². The summed E-state index contributed by atoms with van der Waals surface area (Å²) in [7, 11) is 0. The molecule has 0 saturated carbocycles. The Morgan fingerprint density at radius 3 is 2.96 bits per heavy atom. The molecule has 3 rings (SSSR count). The molecule has 0 spiro atoms. The molecule has 0 unspecified atom stereocenters. The zero-order chi connectivity index (χ0) is 17.1. The van der Waals surface area contributed by atoms with E-state index in [1.807, 2.05) is 6.92 Å². The lowest BCUT2D eigenvalue weighted by molar-refractivity contribution is 0.102. The van der Waals surface area contributed by atoms with Crippen molar-refractivity contribution in [1.29, 1.82) is 0 Å². The lowest BCUT2D eigenvalue weighted by Crippen LogP contribution is -2.23. The van der Waals surface area contributed by atoms with Crippen molar-refractivity contribution in [2.45, 2.75) is 13.5 Å². The van der Waals surface area contributed by atoms with Gasteiger partial charge in [0.2, 0.25) is 4.96 Å². The van der Waals surface area contributed by atoms with Crippen LogP contribution in [0, 0.1) is 0 Å². The van der Waals surface area contributed by atoms with Crippen LogP contribution in [-0.2, 0) is 11.3 Å². The average Bonchev–Trinajstić information content (AvgIpc) is 3.00. The lowest BCUT2D eigenvalue weighted by atomic mass is 10.2. The summed E-state index contributed by atoms with van der Waals surface area (Å²) in [6.07, 6.45) is 1.31. The Morgan fingerprint density at radius 2 is 2.21 bits per heavy atom. The SMILES string of the molecule is CCOCc1nn2c(=O)c(NC(=O)c3ccccc3Cl)cnc2s1. The first-order valence-electron chi connectivity index (χ1n) is 7.11. The molecule has 2 aromatic heterocycles. The van der Waals surface area contributed by atoms with Crippen molar-refractivity contribution in [3.63, 3.8) is 0 Å². The highest BCUT2D eigenvalue weighted by Crippen LogP contribution is 2.17. The molecular formula is C15H13ClN4O3S. The zero-order valence-corrected chi connectivity index (χ0v) is 14.2. The molecule has 0 atom stereocenters. The highest BCUT2D eigenvalue weighted by molar-refractivity contribution is 7.16. The number of ether oxygens (including phenoxy) is 1. The van der Waals surface area contributed by atoms with Crippen molar-refractivity contribution in [3.05, 3.63) is 56.4 Å². The number of nitrogens with one attached hydrogen (secondary N) is 1. The van der Waals surface area contributed by atoms with E-state index < -0.39 is 11.5 Å². The minimum atomic E-state index is -0.482. The third-order valence-electron chi connectivity index (χ3n) is 3.13. The van der Waals surface area contributed by atoms with Crippen LogP contribution in [0.5, 0.6) is 0 Å². The Kier molecular flexibility index (Phi) is 4.89. The van der Waals surface area contributed by atoms with Crippen LogP contribution in [0.3, 0.4) is 0 Å². The number of halogens is 1. The minimum absolute atomic E-state index is 0.0330. The van der Waals surface area contributed by atoms with Gasteiger partial charge in [0.25, 0.3) is 11.5 Å². The number of rotatable bonds is 5. The average molecular weight is 365 g/mol. The molecule has 3 aromatic rings. The molecule has 0 aliphatic heterocycles. The largest absolute Gasteiger partial charge is 0.374 e. The number of nitrogens with zero attached hydrogens (tertiary/aromatic N) is 3. The Labute approximate surface area is 145 Å². The second-order valence-electron chi connectivity index (χ2n) is 4.74. The van der Waals surface area contributed by atoms with Crippen molar-refractivity contribution in [2.75, 3.05) is 11.9 Å². The van der Waals surface area contributed by atoms with Crippen LogP contribution in [-0.4, -0.2) is 27.1 Å². The molecule has 124 valence electrons. The number of aromatic nitrogens is 3. The number of carbonyl (C=O) groups is 1. The molecule has 2 heterocycles. The second kappa shape index (κ2) is 7.08. The van der Waals surface area contributed by atoms with Crippen LogP contribution in [0.4, 0.5) is 5.69 Å². The van der Waals surface area contributed by atoms with Crippen molar-refractivity contribution in [1.82, 2.24) is 14.6 Å². The van der Waals surface area contributed by atoms with Gasteiger partial charge in [-0.25, -0.2) is 4.98 Å². The van der Waals surface area contributed by atoms with Gasteiger partial charge in [-0.2, -0.15) is 9.61 Å². The zero-order valence-electron chi connectivity index (χ0n) is 12.7. The first-order valence-corrected chi connectivity index (χ1v) is 8.31. The number of benzene rings is 1. The first-order chi connectivity index (χ1) is 11.6. The summed E-state index contributed by atoms with van der Waals surface area (Å²) >= 11 is 7.25.